The number of rotatable bonds is 1. The van der Waals surface area contributed by atoms with Gasteiger partial charge in [0.15, 0.2) is 0 Å². The van der Waals surface area contributed by atoms with Crippen molar-refractivity contribution in [3.8, 4) is 0 Å². The molecule has 0 spiro atoms. The molecule has 0 unspecified atom stereocenters. The normalized spacial score (nSPS) is 9.29. The van der Waals surface area contributed by atoms with Crippen LogP contribution < -0.4 is 5.14 Å². The van der Waals surface area contributed by atoms with Crippen LogP contribution in [0.25, 0.3) is 0 Å². The summed E-state index contributed by atoms with van der Waals surface area (Å²) in [6, 6.07) is 3.98. The van der Waals surface area contributed by atoms with Crippen LogP contribution in [-0.2, 0) is 0 Å². The first-order valence-electron chi connectivity index (χ1n) is 1.83. The third-order valence-corrected chi connectivity index (χ3v) is 2.22. The number of thiophene rings is 1. The second-order valence-electron chi connectivity index (χ2n) is 1.05. The number of hydrogen-bond donors (Lipinski definition) is 1. The van der Waals surface area contributed by atoms with Crippen LogP contribution in [0.3, 0.4) is 0 Å². The highest BCUT2D eigenvalue weighted by Gasteiger charge is 1.84. The lowest BCUT2D eigenvalue weighted by Crippen LogP contribution is -1.70. The van der Waals surface area contributed by atoms with Crippen LogP contribution in [0.4, 0.5) is 0 Å². The summed E-state index contributed by atoms with van der Waals surface area (Å²) in [5, 5.41) is 7.23. The van der Waals surface area contributed by atoms with E-state index in [0.29, 0.717) is 0 Å². The molecule has 0 aliphatic rings. The summed E-state index contributed by atoms with van der Waals surface area (Å²) in [6.45, 7) is 0. The molecule has 0 aromatic carbocycles. The Balaban J connectivity index is 2.76. The van der Waals surface area contributed by atoms with Gasteiger partial charge in [-0.2, -0.15) is 0 Å². The third-order valence-electron chi connectivity index (χ3n) is 0.611. The number of hydrogen-bond acceptors (Lipinski definition) is 3. The van der Waals surface area contributed by atoms with Crippen LogP contribution in [0.15, 0.2) is 21.7 Å². The number of nitrogens with two attached hydrogens (primary N) is 1. The molecule has 1 aromatic rings. The van der Waals surface area contributed by atoms with E-state index in [4.69, 9.17) is 5.14 Å². The molecule has 2 N–H and O–H groups in total. The highest BCUT2D eigenvalue weighted by Crippen LogP contribution is 2.16. The smallest absolute Gasteiger partial charge is 0.0749 e. The fourth-order valence-corrected chi connectivity index (χ4v) is 1.32. The van der Waals surface area contributed by atoms with Crippen molar-refractivity contribution >= 4 is 23.3 Å². The molecule has 38 valence electrons. The largest absolute Gasteiger partial charge is 0.273 e. The van der Waals surface area contributed by atoms with Crippen LogP contribution in [0.1, 0.15) is 0 Å². The van der Waals surface area contributed by atoms with Gasteiger partial charge in [0.2, 0.25) is 0 Å². The topological polar surface area (TPSA) is 26.0 Å². The van der Waals surface area contributed by atoms with Crippen LogP contribution in [-0.4, -0.2) is 0 Å². The SMILES string of the molecule is NSc1cccs1. The Bertz CT molecular complexity index is 124. The first kappa shape index (κ1) is 5.15. The zero-order valence-corrected chi connectivity index (χ0v) is 5.26. The predicted octanol–water partition coefficient (Wildman–Crippen LogP) is 1.71. The van der Waals surface area contributed by atoms with Crippen LogP contribution in [0.2, 0.25) is 0 Å². The minimum Gasteiger partial charge on any atom is -0.273 e. The summed E-state index contributed by atoms with van der Waals surface area (Å²) < 4.78 is 1.17. The molecule has 0 bridgehead atoms. The Morgan fingerprint density at radius 2 is 2.57 bits per heavy atom. The molecule has 0 saturated heterocycles. The molecule has 0 amide bonds. The quantitative estimate of drug-likeness (QED) is 0.587. The molecule has 7 heavy (non-hydrogen) atoms. The highest BCUT2D eigenvalue weighted by molar-refractivity contribution is 7.99. The lowest BCUT2D eigenvalue weighted by molar-refractivity contribution is 1.72. The first-order valence-corrected chi connectivity index (χ1v) is 3.59. The Morgan fingerprint density at radius 1 is 1.71 bits per heavy atom. The highest BCUT2D eigenvalue weighted by atomic mass is 32.2. The van der Waals surface area contributed by atoms with E-state index < -0.39 is 0 Å². The Labute approximate surface area is 50.7 Å². The fraction of sp³-hybridized carbons (Fsp3) is 0. The van der Waals surface area contributed by atoms with E-state index in [-0.39, 0.29) is 0 Å². The van der Waals surface area contributed by atoms with Crippen molar-refractivity contribution in [1.29, 1.82) is 0 Å². The lowest BCUT2D eigenvalue weighted by atomic mass is 10.7. The molecule has 0 aliphatic heterocycles. The van der Waals surface area contributed by atoms with Crippen molar-refractivity contribution in [3.63, 3.8) is 0 Å². The van der Waals surface area contributed by atoms with Crippen LogP contribution in [0, 0.1) is 0 Å². The lowest BCUT2D eigenvalue weighted by Gasteiger charge is -1.78. The predicted molar refractivity (Wildman–Crippen MR) is 34.4 cm³/mol. The minimum atomic E-state index is 1.17. The molecule has 3 heteroatoms. The van der Waals surface area contributed by atoms with Gasteiger partial charge in [-0.3, -0.25) is 5.14 Å². The van der Waals surface area contributed by atoms with Gasteiger partial charge in [0.25, 0.3) is 0 Å². The molecule has 1 nitrogen and oxygen atoms in total. The molecule has 0 fully saturated rings. The van der Waals surface area contributed by atoms with E-state index in [1.165, 1.54) is 16.2 Å². The summed E-state index contributed by atoms with van der Waals surface area (Å²) in [7, 11) is 0. The average molecular weight is 131 g/mol. The molecule has 1 rings (SSSR count). The zero-order chi connectivity index (χ0) is 5.11. The van der Waals surface area contributed by atoms with Crippen molar-refractivity contribution in [2.75, 3.05) is 0 Å². The van der Waals surface area contributed by atoms with Crippen molar-refractivity contribution < 1.29 is 0 Å². The van der Waals surface area contributed by atoms with E-state index in [1.54, 1.807) is 11.3 Å². The standard InChI is InChI=1S/C4H5NS2/c5-7-4-2-1-3-6-4/h1-3H,5H2. The van der Waals surface area contributed by atoms with E-state index in [2.05, 4.69) is 0 Å². The second kappa shape index (κ2) is 2.35. The summed E-state index contributed by atoms with van der Waals surface area (Å²) >= 11 is 2.95. The van der Waals surface area contributed by atoms with Crippen molar-refractivity contribution in [1.82, 2.24) is 0 Å². The van der Waals surface area contributed by atoms with Gasteiger partial charge in [-0.05, 0) is 23.4 Å². The van der Waals surface area contributed by atoms with E-state index in [0.717, 1.165) is 0 Å². The van der Waals surface area contributed by atoms with Crippen LogP contribution >= 0.6 is 23.3 Å². The second-order valence-corrected chi connectivity index (χ2v) is 2.93. The molecule has 1 aromatic heterocycles. The summed E-state index contributed by atoms with van der Waals surface area (Å²) in [6.07, 6.45) is 0. The summed E-state index contributed by atoms with van der Waals surface area (Å²) in [4.78, 5) is 0. The Morgan fingerprint density at radius 3 is 2.86 bits per heavy atom. The van der Waals surface area contributed by atoms with Gasteiger partial charge in [-0.15, -0.1) is 11.3 Å². The molecular formula is C4H5NS2. The van der Waals surface area contributed by atoms with Gasteiger partial charge >= 0.3 is 0 Å². The minimum absolute atomic E-state index is 1.17. The van der Waals surface area contributed by atoms with Crippen molar-refractivity contribution in [2.45, 2.75) is 4.21 Å². The molecule has 1 heterocycles. The van der Waals surface area contributed by atoms with Crippen LogP contribution in [0.5, 0.6) is 0 Å². The van der Waals surface area contributed by atoms with Gasteiger partial charge in [-0.25, -0.2) is 0 Å². The Hall–Kier alpha value is 0.01000. The summed E-state index contributed by atoms with van der Waals surface area (Å²) in [5.74, 6) is 0. The maximum absolute atomic E-state index is 5.22. The Kier molecular flexibility index (Phi) is 1.73. The first-order chi connectivity index (χ1) is 3.43. The average Bonchev–Trinajstić information content (AvgIpc) is 2.14. The monoisotopic (exact) mass is 131 g/mol. The van der Waals surface area contributed by atoms with Gasteiger partial charge in [0.05, 0.1) is 4.21 Å². The molecule has 0 aliphatic carbocycles. The fourth-order valence-electron chi connectivity index (χ4n) is 0.331. The van der Waals surface area contributed by atoms with Gasteiger partial charge in [0.1, 0.15) is 0 Å². The van der Waals surface area contributed by atoms with E-state index in [9.17, 15) is 0 Å². The van der Waals surface area contributed by atoms with Gasteiger partial charge < -0.3 is 0 Å². The third kappa shape index (κ3) is 1.19. The molecular weight excluding hydrogens is 126 g/mol. The zero-order valence-electron chi connectivity index (χ0n) is 3.63. The van der Waals surface area contributed by atoms with Gasteiger partial charge in [-0.1, -0.05) is 6.07 Å². The molecule has 0 atom stereocenters. The maximum Gasteiger partial charge on any atom is 0.0749 e. The molecule has 0 radical (unpaired) electrons. The maximum atomic E-state index is 5.22. The van der Waals surface area contributed by atoms with Gasteiger partial charge in [0, 0.05) is 0 Å². The van der Waals surface area contributed by atoms with Crippen molar-refractivity contribution in [2.24, 2.45) is 5.14 Å². The summed E-state index contributed by atoms with van der Waals surface area (Å²) in [5.41, 5.74) is 0. The molecule has 0 saturated carbocycles. The van der Waals surface area contributed by atoms with Crippen molar-refractivity contribution in [3.05, 3.63) is 17.5 Å². The van der Waals surface area contributed by atoms with E-state index >= 15 is 0 Å². The van der Waals surface area contributed by atoms with E-state index in [1.807, 2.05) is 17.5 Å².